The van der Waals surface area contributed by atoms with Crippen molar-refractivity contribution in [2.75, 3.05) is 0 Å². The molecule has 0 radical (unpaired) electrons. The Balaban J connectivity index is 2.20. The van der Waals surface area contributed by atoms with Gasteiger partial charge in [0.05, 0.1) is 0 Å². The van der Waals surface area contributed by atoms with Crippen LogP contribution in [0.25, 0.3) is 0 Å². The first-order valence-corrected chi connectivity index (χ1v) is 6.45. The summed E-state index contributed by atoms with van der Waals surface area (Å²) in [6.45, 7) is 0.0742. The second-order valence-corrected chi connectivity index (χ2v) is 4.92. The zero-order valence-electron chi connectivity index (χ0n) is 10.2. The van der Waals surface area contributed by atoms with Crippen molar-refractivity contribution in [3.63, 3.8) is 0 Å². The number of benzene rings is 2. The molecule has 0 aromatic heterocycles. The van der Waals surface area contributed by atoms with E-state index in [0.717, 1.165) is 6.07 Å². The third-order valence-corrected chi connectivity index (χ3v) is 3.24. The Labute approximate surface area is 125 Å². The molecule has 0 unspecified atom stereocenters. The van der Waals surface area contributed by atoms with E-state index in [1.165, 1.54) is 12.1 Å². The first-order chi connectivity index (χ1) is 9.47. The molecule has 104 valence electrons. The number of rotatable bonds is 4. The molecule has 2 aromatic rings. The van der Waals surface area contributed by atoms with E-state index in [9.17, 15) is 14.4 Å². The fourth-order valence-corrected chi connectivity index (χ4v) is 2.03. The molecule has 2 rings (SSSR count). The maximum atomic E-state index is 13.1. The number of ether oxygens (including phenoxy) is 1. The van der Waals surface area contributed by atoms with Crippen molar-refractivity contribution in [2.45, 2.75) is 6.61 Å². The molecule has 0 spiro atoms. The second kappa shape index (κ2) is 6.46. The van der Waals surface area contributed by atoms with Crippen molar-refractivity contribution in [2.24, 2.45) is 0 Å². The fraction of sp³-hybridized carbons (Fsp3) is 0.0769. The van der Waals surface area contributed by atoms with Crippen molar-refractivity contribution in [3.05, 3.63) is 57.8 Å². The zero-order chi connectivity index (χ0) is 14.7. The first kappa shape index (κ1) is 15.1. The second-order valence-electron chi connectivity index (χ2n) is 4.08. The molecule has 0 bridgehead atoms. The maximum absolute atomic E-state index is 13.1. The van der Waals surface area contributed by atoms with E-state index in [1.807, 2.05) is 0 Å². The molecule has 2 N–H and O–H groups in total. The Hall–Kier alpha value is -1.27. The van der Waals surface area contributed by atoms with Crippen molar-refractivity contribution in [1.29, 1.82) is 0 Å². The van der Waals surface area contributed by atoms with E-state index in [2.05, 4.69) is 0 Å². The minimum absolute atomic E-state index is 0.0526. The van der Waals surface area contributed by atoms with Crippen LogP contribution in [0.4, 0.5) is 4.39 Å². The van der Waals surface area contributed by atoms with Gasteiger partial charge in [0.25, 0.3) is 0 Å². The molecule has 3 nitrogen and oxygen atoms in total. The smallest absolute Gasteiger partial charge is 0.489 e. The summed E-state index contributed by atoms with van der Waals surface area (Å²) < 4.78 is 18.5. The average Bonchev–Trinajstić information content (AvgIpc) is 2.40. The first-order valence-electron chi connectivity index (χ1n) is 5.69. The van der Waals surface area contributed by atoms with Crippen LogP contribution in [0.15, 0.2) is 36.4 Å². The maximum Gasteiger partial charge on any atom is 0.492 e. The molecule has 0 aliphatic carbocycles. The molecule has 0 atom stereocenters. The summed E-state index contributed by atoms with van der Waals surface area (Å²) in [7, 11) is -1.82. The van der Waals surface area contributed by atoms with Crippen LogP contribution in [0.2, 0.25) is 10.0 Å². The van der Waals surface area contributed by atoms with Gasteiger partial charge in [-0.25, -0.2) is 4.39 Å². The number of halogens is 3. The van der Waals surface area contributed by atoms with Gasteiger partial charge in [-0.05, 0) is 36.4 Å². The van der Waals surface area contributed by atoms with Crippen LogP contribution >= 0.6 is 23.2 Å². The summed E-state index contributed by atoms with van der Waals surface area (Å²) in [5.41, 5.74) is 0.588. The molecule has 0 amide bonds. The third kappa shape index (κ3) is 3.64. The normalized spacial score (nSPS) is 10.4. The summed E-state index contributed by atoms with van der Waals surface area (Å²) in [6.07, 6.45) is 0. The van der Waals surface area contributed by atoms with Gasteiger partial charge < -0.3 is 14.8 Å². The summed E-state index contributed by atoms with van der Waals surface area (Å²) in [4.78, 5) is 0. The highest BCUT2D eigenvalue weighted by Gasteiger charge is 2.18. The van der Waals surface area contributed by atoms with Gasteiger partial charge >= 0.3 is 7.12 Å². The topological polar surface area (TPSA) is 49.7 Å². The number of hydrogen-bond donors (Lipinski definition) is 2. The number of hydrogen-bond acceptors (Lipinski definition) is 3. The van der Waals surface area contributed by atoms with Crippen LogP contribution < -0.4 is 10.2 Å². The molecule has 20 heavy (non-hydrogen) atoms. The SMILES string of the molecule is OB(O)c1cc(F)ccc1OCc1cc(Cl)ccc1Cl. The highest BCUT2D eigenvalue weighted by molar-refractivity contribution is 6.59. The van der Waals surface area contributed by atoms with Crippen molar-refractivity contribution in [1.82, 2.24) is 0 Å². The molecule has 2 aromatic carbocycles. The van der Waals surface area contributed by atoms with Gasteiger partial charge in [0, 0.05) is 21.1 Å². The average molecular weight is 315 g/mol. The van der Waals surface area contributed by atoms with Crippen LogP contribution in [-0.2, 0) is 6.61 Å². The molecule has 0 fully saturated rings. The standard InChI is InChI=1S/C13H10BCl2FO3/c15-9-1-3-12(16)8(5-9)7-20-13-4-2-10(17)6-11(13)14(18)19/h1-6,18-19H,7H2. The van der Waals surface area contributed by atoms with Crippen LogP contribution in [0.5, 0.6) is 5.75 Å². The predicted molar refractivity (Wildman–Crippen MR) is 77.0 cm³/mol. The summed E-state index contributed by atoms with van der Waals surface area (Å²) in [6, 6.07) is 8.41. The zero-order valence-corrected chi connectivity index (χ0v) is 11.7. The van der Waals surface area contributed by atoms with E-state index in [-0.39, 0.29) is 17.8 Å². The fourth-order valence-electron chi connectivity index (χ4n) is 1.66. The lowest BCUT2D eigenvalue weighted by Gasteiger charge is -2.12. The highest BCUT2D eigenvalue weighted by Crippen LogP contribution is 2.22. The van der Waals surface area contributed by atoms with Gasteiger partial charge in [-0.2, -0.15) is 0 Å². The van der Waals surface area contributed by atoms with Crippen LogP contribution in [0.3, 0.4) is 0 Å². The van der Waals surface area contributed by atoms with Gasteiger partial charge in [-0.15, -0.1) is 0 Å². The summed E-state index contributed by atoms with van der Waals surface area (Å²) >= 11 is 11.8. The van der Waals surface area contributed by atoms with Gasteiger partial charge in [0.2, 0.25) is 0 Å². The Bertz CT molecular complexity index is 623. The van der Waals surface area contributed by atoms with E-state index in [1.54, 1.807) is 18.2 Å². The Morgan fingerprint density at radius 1 is 1.10 bits per heavy atom. The minimum atomic E-state index is -1.82. The molecule has 7 heteroatoms. The summed E-state index contributed by atoms with van der Waals surface area (Å²) in [5, 5.41) is 19.4. The molecule has 0 saturated heterocycles. The van der Waals surface area contributed by atoms with E-state index in [4.69, 9.17) is 27.9 Å². The third-order valence-electron chi connectivity index (χ3n) is 2.64. The van der Waals surface area contributed by atoms with E-state index >= 15 is 0 Å². The van der Waals surface area contributed by atoms with Crippen molar-refractivity contribution < 1.29 is 19.2 Å². The highest BCUT2D eigenvalue weighted by atomic mass is 35.5. The Kier molecular flexibility index (Phi) is 4.88. The minimum Gasteiger partial charge on any atom is -0.489 e. The van der Waals surface area contributed by atoms with Gasteiger partial charge in [-0.1, -0.05) is 23.2 Å². The quantitative estimate of drug-likeness (QED) is 0.852. The van der Waals surface area contributed by atoms with Crippen molar-refractivity contribution in [3.8, 4) is 5.75 Å². The molecular weight excluding hydrogens is 305 g/mol. The van der Waals surface area contributed by atoms with Gasteiger partial charge in [0.15, 0.2) is 0 Å². The summed E-state index contributed by atoms with van der Waals surface area (Å²) in [5.74, 6) is -0.418. The van der Waals surface area contributed by atoms with Crippen molar-refractivity contribution >= 4 is 35.8 Å². The van der Waals surface area contributed by atoms with Crippen LogP contribution in [0.1, 0.15) is 5.56 Å². The molecule has 0 heterocycles. The van der Waals surface area contributed by atoms with E-state index in [0.29, 0.717) is 15.6 Å². The Morgan fingerprint density at radius 3 is 2.55 bits per heavy atom. The lowest BCUT2D eigenvalue weighted by molar-refractivity contribution is 0.306. The Morgan fingerprint density at radius 2 is 1.85 bits per heavy atom. The van der Waals surface area contributed by atoms with Gasteiger partial charge in [0.1, 0.15) is 18.2 Å². The monoisotopic (exact) mass is 314 g/mol. The lowest BCUT2D eigenvalue weighted by atomic mass is 9.79. The van der Waals surface area contributed by atoms with Crippen LogP contribution in [-0.4, -0.2) is 17.2 Å². The van der Waals surface area contributed by atoms with Gasteiger partial charge in [-0.3, -0.25) is 0 Å². The molecule has 0 aliphatic heterocycles. The molecular formula is C13H10BCl2FO3. The van der Waals surface area contributed by atoms with Crippen LogP contribution in [0, 0.1) is 5.82 Å². The largest absolute Gasteiger partial charge is 0.492 e. The lowest BCUT2D eigenvalue weighted by Crippen LogP contribution is -2.31. The van der Waals surface area contributed by atoms with E-state index < -0.39 is 12.9 Å². The molecule has 0 saturated carbocycles. The predicted octanol–water partition coefficient (Wildman–Crippen LogP) is 2.39. The molecule has 0 aliphatic rings.